The van der Waals surface area contributed by atoms with E-state index in [9.17, 15) is 4.79 Å². The maximum atomic E-state index is 11.7. The highest BCUT2D eigenvalue weighted by atomic mass is 35.5. The number of hydrogen-bond donors (Lipinski definition) is 1. The van der Waals surface area contributed by atoms with Gasteiger partial charge in [0.1, 0.15) is 0 Å². The Morgan fingerprint density at radius 3 is 2.50 bits per heavy atom. The second-order valence-electron chi connectivity index (χ2n) is 4.93. The molecule has 1 N–H and O–H groups in total. The average Bonchev–Trinajstić information content (AvgIpc) is 2.34. The second kappa shape index (κ2) is 7.92. The summed E-state index contributed by atoms with van der Waals surface area (Å²) in [4.78, 5) is 13.8. The van der Waals surface area contributed by atoms with Gasteiger partial charge in [-0.25, -0.2) is 4.79 Å². The molecule has 0 aliphatic heterocycles. The van der Waals surface area contributed by atoms with Crippen LogP contribution in [0.25, 0.3) is 0 Å². The molecule has 0 fully saturated rings. The molecule has 0 aliphatic carbocycles. The molecular formula is C15H21ClN2O2. The van der Waals surface area contributed by atoms with E-state index in [1.807, 2.05) is 38.4 Å². The SMILES string of the molecule is C=C(C)OC(=O)NC(CCN(C)C)c1ccc(Cl)cc1. The Morgan fingerprint density at radius 2 is 2.00 bits per heavy atom. The number of halogens is 1. The number of rotatable bonds is 6. The van der Waals surface area contributed by atoms with Gasteiger partial charge >= 0.3 is 6.09 Å². The van der Waals surface area contributed by atoms with E-state index in [1.165, 1.54) is 0 Å². The van der Waals surface area contributed by atoms with Gasteiger partial charge in [-0.2, -0.15) is 0 Å². The van der Waals surface area contributed by atoms with Gasteiger partial charge in [0.15, 0.2) is 0 Å². The van der Waals surface area contributed by atoms with Gasteiger partial charge in [-0.15, -0.1) is 0 Å². The lowest BCUT2D eigenvalue weighted by atomic mass is 10.0. The minimum atomic E-state index is -0.490. The third-order valence-corrected chi connectivity index (χ3v) is 2.95. The van der Waals surface area contributed by atoms with Crippen molar-refractivity contribution in [2.24, 2.45) is 0 Å². The van der Waals surface area contributed by atoms with Crippen LogP contribution in [0.2, 0.25) is 5.02 Å². The van der Waals surface area contributed by atoms with Gasteiger partial charge in [0.2, 0.25) is 0 Å². The van der Waals surface area contributed by atoms with Gasteiger partial charge < -0.3 is 15.0 Å². The molecule has 0 aliphatic rings. The van der Waals surface area contributed by atoms with Crippen molar-refractivity contribution in [3.63, 3.8) is 0 Å². The first-order chi connectivity index (χ1) is 9.38. The lowest BCUT2D eigenvalue weighted by Gasteiger charge is -2.21. The summed E-state index contributed by atoms with van der Waals surface area (Å²) < 4.78 is 4.95. The summed E-state index contributed by atoms with van der Waals surface area (Å²) in [7, 11) is 3.98. The molecular weight excluding hydrogens is 276 g/mol. The highest BCUT2D eigenvalue weighted by molar-refractivity contribution is 6.30. The lowest BCUT2D eigenvalue weighted by Crippen LogP contribution is -2.31. The number of alkyl carbamates (subject to hydrolysis) is 1. The number of ether oxygens (including phenoxy) is 1. The van der Waals surface area contributed by atoms with Crippen molar-refractivity contribution in [2.45, 2.75) is 19.4 Å². The Bertz CT molecular complexity index is 457. The molecule has 0 saturated heterocycles. The van der Waals surface area contributed by atoms with Gasteiger partial charge in [-0.05, 0) is 51.7 Å². The van der Waals surface area contributed by atoms with Crippen LogP contribution in [0.5, 0.6) is 0 Å². The number of allylic oxidation sites excluding steroid dienone is 1. The summed E-state index contributed by atoms with van der Waals surface area (Å²) >= 11 is 5.89. The first-order valence-electron chi connectivity index (χ1n) is 6.42. The highest BCUT2D eigenvalue weighted by Gasteiger charge is 2.16. The molecule has 1 amide bonds. The van der Waals surface area contributed by atoms with Crippen LogP contribution in [-0.4, -0.2) is 31.6 Å². The standard InChI is InChI=1S/C15H21ClN2O2/c1-11(2)20-15(19)17-14(9-10-18(3)4)12-5-7-13(16)8-6-12/h5-8,14H,1,9-10H2,2-4H3,(H,17,19). The van der Waals surface area contributed by atoms with Crippen molar-refractivity contribution in [3.05, 3.63) is 47.2 Å². The molecule has 0 spiro atoms. The van der Waals surface area contributed by atoms with E-state index in [2.05, 4.69) is 16.8 Å². The number of amides is 1. The maximum Gasteiger partial charge on any atom is 0.412 e. The monoisotopic (exact) mass is 296 g/mol. The fourth-order valence-electron chi connectivity index (χ4n) is 1.73. The van der Waals surface area contributed by atoms with Crippen LogP contribution in [0.3, 0.4) is 0 Å². The smallest absolute Gasteiger partial charge is 0.412 e. The van der Waals surface area contributed by atoms with E-state index in [0.29, 0.717) is 10.8 Å². The summed E-state index contributed by atoms with van der Waals surface area (Å²) in [5.74, 6) is 0.366. The predicted octanol–water partition coefficient (Wildman–Crippen LogP) is 3.59. The van der Waals surface area contributed by atoms with Crippen LogP contribution >= 0.6 is 11.6 Å². The van der Waals surface area contributed by atoms with Gasteiger partial charge in [-0.3, -0.25) is 0 Å². The third-order valence-electron chi connectivity index (χ3n) is 2.70. The van der Waals surface area contributed by atoms with Crippen LogP contribution in [0.15, 0.2) is 36.6 Å². The summed E-state index contributed by atoms with van der Waals surface area (Å²) in [6, 6.07) is 7.31. The first-order valence-corrected chi connectivity index (χ1v) is 6.80. The topological polar surface area (TPSA) is 41.6 Å². The molecule has 1 aromatic carbocycles. The Balaban J connectivity index is 2.76. The lowest BCUT2D eigenvalue weighted by molar-refractivity contribution is 0.170. The van der Waals surface area contributed by atoms with E-state index in [1.54, 1.807) is 6.92 Å². The van der Waals surface area contributed by atoms with Crippen molar-refractivity contribution >= 4 is 17.7 Å². The molecule has 0 radical (unpaired) electrons. The average molecular weight is 297 g/mol. The quantitative estimate of drug-likeness (QED) is 0.816. The van der Waals surface area contributed by atoms with Gasteiger partial charge in [0.25, 0.3) is 0 Å². The van der Waals surface area contributed by atoms with E-state index < -0.39 is 6.09 Å². The van der Waals surface area contributed by atoms with E-state index in [0.717, 1.165) is 18.5 Å². The minimum Gasteiger partial charge on any atom is -0.416 e. The molecule has 20 heavy (non-hydrogen) atoms. The van der Waals surface area contributed by atoms with Gasteiger partial charge in [-0.1, -0.05) is 30.3 Å². The molecule has 4 nitrogen and oxygen atoms in total. The number of benzene rings is 1. The van der Waals surface area contributed by atoms with Gasteiger partial charge in [0.05, 0.1) is 11.8 Å². The molecule has 1 aromatic rings. The molecule has 0 bridgehead atoms. The number of nitrogens with one attached hydrogen (secondary N) is 1. The maximum absolute atomic E-state index is 11.7. The molecule has 0 heterocycles. The summed E-state index contributed by atoms with van der Waals surface area (Å²) in [5, 5.41) is 3.52. The van der Waals surface area contributed by atoms with Crippen molar-refractivity contribution in [1.82, 2.24) is 10.2 Å². The van der Waals surface area contributed by atoms with Crippen molar-refractivity contribution < 1.29 is 9.53 Å². The summed E-state index contributed by atoms with van der Waals surface area (Å²) in [6.07, 6.45) is 0.288. The van der Waals surface area contributed by atoms with Crippen LogP contribution in [0.1, 0.15) is 24.9 Å². The largest absolute Gasteiger partial charge is 0.416 e. The Kier molecular flexibility index (Phi) is 6.55. The molecule has 0 aromatic heterocycles. The summed E-state index contributed by atoms with van der Waals surface area (Å²) in [6.45, 7) is 6.04. The highest BCUT2D eigenvalue weighted by Crippen LogP contribution is 2.20. The number of carbonyl (C=O) groups excluding carboxylic acids is 1. The molecule has 110 valence electrons. The van der Waals surface area contributed by atoms with Crippen molar-refractivity contribution in [2.75, 3.05) is 20.6 Å². The molecule has 1 unspecified atom stereocenters. The van der Waals surface area contributed by atoms with Crippen LogP contribution in [0.4, 0.5) is 4.79 Å². The first kappa shape index (κ1) is 16.5. The van der Waals surface area contributed by atoms with Crippen LogP contribution in [-0.2, 0) is 4.74 Å². The second-order valence-corrected chi connectivity index (χ2v) is 5.37. The molecule has 1 rings (SSSR count). The fraction of sp³-hybridized carbons (Fsp3) is 0.400. The number of carbonyl (C=O) groups is 1. The van der Waals surface area contributed by atoms with Crippen molar-refractivity contribution in [3.8, 4) is 0 Å². The fourth-order valence-corrected chi connectivity index (χ4v) is 1.86. The Labute approximate surface area is 125 Å². The summed E-state index contributed by atoms with van der Waals surface area (Å²) in [5.41, 5.74) is 0.995. The molecule has 5 heteroatoms. The number of nitrogens with zero attached hydrogens (tertiary/aromatic N) is 1. The van der Waals surface area contributed by atoms with E-state index >= 15 is 0 Å². The molecule has 0 saturated carbocycles. The zero-order valence-electron chi connectivity index (χ0n) is 12.1. The third kappa shape index (κ3) is 6.08. The molecule has 1 atom stereocenters. The van der Waals surface area contributed by atoms with Crippen LogP contribution in [0, 0.1) is 0 Å². The Hall–Kier alpha value is -1.52. The predicted molar refractivity (Wildman–Crippen MR) is 81.8 cm³/mol. The Morgan fingerprint density at radius 1 is 1.40 bits per heavy atom. The van der Waals surface area contributed by atoms with Gasteiger partial charge in [0, 0.05) is 5.02 Å². The van der Waals surface area contributed by atoms with Crippen molar-refractivity contribution in [1.29, 1.82) is 0 Å². The number of hydrogen-bond acceptors (Lipinski definition) is 3. The van der Waals surface area contributed by atoms with E-state index in [-0.39, 0.29) is 6.04 Å². The minimum absolute atomic E-state index is 0.124. The van der Waals surface area contributed by atoms with E-state index in [4.69, 9.17) is 16.3 Å². The van der Waals surface area contributed by atoms with Crippen LogP contribution < -0.4 is 5.32 Å². The normalized spacial score (nSPS) is 12.1. The zero-order valence-corrected chi connectivity index (χ0v) is 12.9. The zero-order chi connectivity index (χ0) is 15.1.